The van der Waals surface area contributed by atoms with Crippen LogP contribution in [0, 0.1) is 11.8 Å². The van der Waals surface area contributed by atoms with Crippen molar-refractivity contribution in [1.29, 1.82) is 0 Å². The third kappa shape index (κ3) is 5.82. The van der Waals surface area contributed by atoms with Crippen molar-refractivity contribution in [1.82, 2.24) is 5.32 Å². The molecule has 0 aromatic heterocycles. The number of hydrogen-bond donors (Lipinski definition) is 1. The molecule has 132 valence electrons. The highest BCUT2D eigenvalue weighted by Gasteiger charge is 2.28. The van der Waals surface area contributed by atoms with Crippen LogP contribution in [0.5, 0.6) is 5.75 Å². The lowest BCUT2D eigenvalue weighted by Gasteiger charge is -2.34. The summed E-state index contributed by atoms with van der Waals surface area (Å²) in [5, 5.41) is 2.97. The molecule has 1 aliphatic carbocycles. The van der Waals surface area contributed by atoms with Gasteiger partial charge >= 0.3 is 5.97 Å². The maximum Gasteiger partial charge on any atom is 0.344 e. The van der Waals surface area contributed by atoms with Gasteiger partial charge in [-0.2, -0.15) is 0 Å². The molecule has 1 N–H and O–H groups in total. The van der Waals surface area contributed by atoms with E-state index in [-0.39, 0.29) is 25.2 Å². The smallest absolute Gasteiger partial charge is 0.344 e. The maximum atomic E-state index is 12.0. The summed E-state index contributed by atoms with van der Waals surface area (Å²) in [4.78, 5) is 23.6. The fraction of sp³-hybridized carbons (Fsp3) is 0.556. The van der Waals surface area contributed by atoms with Gasteiger partial charge in [-0.1, -0.05) is 48.7 Å². The second kappa shape index (κ2) is 9.06. The molecule has 0 radical (unpaired) electrons. The van der Waals surface area contributed by atoms with E-state index in [0.717, 1.165) is 17.3 Å². The Labute approximate surface area is 151 Å². The van der Waals surface area contributed by atoms with E-state index in [1.54, 1.807) is 12.1 Å². The summed E-state index contributed by atoms with van der Waals surface area (Å²) in [6.45, 7) is 3.88. The van der Waals surface area contributed by atoms with Crippen LogP contribution >= 0.6 is 15.9 Å². The molecule has 1 aromatic carbocycles. The van der Waals surface area contributed by atoms with E-state index in [9.17, 15) is 9.59 Å². The van der Waals surface area contributed by atoms with Crippen LogP contribution in [0.15, 0.2) is 28.7 Å². The van der Waals surface area contributed by atoms with Gasteiger partial charge < -0.3 is 14.8 Å². The zero-order valence-corrected chi connectivity index (χ0v) is 15.7. The molecule has 1 aromatic rings. The van der Waals surface area contributed by atoms with Gasteiger partial charge in [0.1, 0.15) is 5.75 Å². The minimum absolute atomic E-state index is 0.165. The van der Waals surface area contributed by atoms with E-state index in [4.69, 9.17) is 9.47 Å². The molecule has 1 fully saturated rings. The fourth-order valence-electron chi connectivity index (χ4n) is 2.92. The number of esters is 1. The van der Waals surface area contributed by atoms with E-state index in [1.165, 1.54) is 6.42 Å². The highest BCUT2D eigenvalue weighted by Crippen LogP contribution is 2.29. The Morgan fingerprint density at radius 1 is 1.25 bits per heavy atom. The van der Waals surface area contributed by atoms with Crippen LogP contribution in [0.1, 0.15) is 33.1 Å². The average Bonchev–Trinajstić information content (AvgIpc) is 2.55. The Morgan fingerprint density at radius 3 is 2.79 bits per heavy atom. The molecule has 0 saturated heterocycles. The van der Waals surface area contributed by atoms with Crippen LogP contribution in [0.4, 0.5) is 0 Å². The minimum atomic E-state index is -0.560. The van der Waals surface area contributed by atoms with E-state index >= 15 is 0 Å². The first-order valence-corrected chi connectivity index (χ1v) is 9.08. The second-order valence-electron chi connectivity index (χ2n) is 6.35. The zero-order valence-electron chi connectivity index (χ0n) is 14.1. The lowest BCUT2D eigenvalue weighted by Crippen LogP contribution is -2.45. The third-order valence-electron chi connectivity index (χ3n) is 4.57. The summed E-state index contributed by atoms with van der Waals surface area (Å²) in [6, 6.07) is 7.34. The topological polar surface area (TPSA) is 64.6 Å². The molecular weight excluding hydrogens is 374 g/mol. The van der Waals surface area contributed by atoms with Gasteiger partial charge in [0, 0.05) is 10.5 Å². The molecule has 0 unspecified atom stereocenters. The molecular formula is C18H24BrNO4. The van der Waals surface area contributed by atoms with Crippen LogP contribution in [0.2, 0.25) is 0 Å². The van der Waals surface area contributed by atoms with Crippen LogP contribution in [-0.4, -0.2) is 31.1 Å². The molecule has 0 heterocycles. The Balaban J connectivity index is 1.68. The molecule has 24 heavy (non-hydrogen) atoms. The Hall–Kier alpha value is -1.56. The molecule has 1 amide bonds. The molecule has 2 rings (SSSR count). The van der Waals surface area contributed by atoms with Crippen molar-refractivity contribution in [2.45, 2.75) is 39.2 Å². The largest absolute Gasteiger partial charge is 0.482 e. The number of rotatable bonds is 6. The van der Waals surface area contributed by atoms with E-state index < -0.39 is 5.97 Å². The van der Waals surface area contributed by atoms with Crippen LogP contribution < -0.4 is 10.1 Å². The number of amides is 1. The molecule has 6 heteroatoms. The lowest BCUT2D eigenvalue weighted by atomic mass is 9.78. The van der Waals surface area contributed by atoms with Crippen molar-refractivity contribution < 1.29 is 19.1 Å². The first kappa shape index (κ1) is 18.8. The van der Waals surface area contributed by atoms with Crippen LogP contribution in [0.25, 0.3) is 0 Å². The van der Waals surface area contributed by atoms with Gasteiger partial charge in [-0.25, -0.2) is 4.79 Å². The van der Waals surface area contributed by atoms with Crippen molar-refractivity contribution in [3.8, 4) is 5.75 Å². The average molecular weight is 398 g/mol. The molecule has 1 aliphatic rings. The molecule has 5 nitrogen and oxygen atoms in total. The zero-order chi connectivity index (χ0) is 17.5. The fourth-order valence-corrected chi connectivity index (χ4v) is 3.30. The summed E-state index contributed by atoms with van der Waals surface area (Å²) in [5.74, 6) is 0.797. The van der Waals surface area contributed by atoms with Gasteiger partial charge in [0.05, 0.1) is 0 Å². The van der Waals surface area contributed by atoms with Crippen molar-refractivity contribution in [3.05, 3.63) is 28.7 Å². The van der Waals surface area contributed by atoms with E-state index in [0.29, 0.717) is 17.6 Å². The highest BCUT2D eigenvalue weighted by molar-refractivity contribution is 9.10. The van der Waals surface area contributed by atoms with Gasteiger partial charge in [-0.3, -0.25) is 4.79 Å². The monoisotopic (exact) mass is 397 g/mol. The number of carbonyl (C=O) groups excluding carboxylic acids is 2. The Bertz CT molecular complexity index is 578. The number of benzene rings is 1. The van der Waals surface area contributed by atoms with Gasteiger partial charge in [0.25, 0.3) is 5.91 Å². The molecule has 1 saturated carbocycles. The predicted molar refractivity (Wildman–Crippen MR) is 94.7 cm³/mol. The van der Waals surface area contributed by atoms with E-state index in [2.05, 4.69) is 35.1 Å². The van der Waals surface area contributed by atoms with Gasteiger partial charge in [-0.15, -0.1) is 0 Å². The summed E-state index contributed by atoms with van der Waals surface area (Å²) in [6.07, 6.45) is 3.31. The molecule has 3 atom stereocenters. The minimum Gasteiger partial charge on any atom is -0.482 e. The van der Waals surface area contributed by atoms with Crippen molar-refractivity contribution in [2.24, 2.45) is 11.8 Å². The maximum absolute atomic E-state index is 12.0. The highest BCUT2D eigenvalue weighted by atomic mass is 79.9. The number of hydrogen-bond acceptors (Lipinski definition) is 4. The Morgan fingerprint density at radius 2 is 2.04 bits per heavy atom. The normalized spacial score (nSPS) is 23.4. The number of carbonyl (C=O) groups is 2. The molecule has 0 spiro atoms. The third-order valence-corrected chi connectivity index (χ3v) is 5.06. The van der Waals surface area contributed by atoms with E-state index in [1.807, 2.05) is 12.1 Å². The number of halogens is 1. The van der Waals surface area contributed by atoms with Crippen molar-refractivity contribution >= 4 is 27.8 Å². The summed E-state index contributed by atoms with van der Waals surface area (Å²) >= 11 is 3.33. The number of nitrogens with one attached hydrogen (secondary N) is 1. The van der Waals surface area contributed by atoms with Gasteiger partial charge in [0.15, 0.2) is 13.2 Å². The van der Waals surface area contributed by atoms with Gasteiger partial charge in [-0.05, 0) is 36.5 Å². The van der Waals surface area contributed by atoms with Gasteiger partial charge in [0.2, 0.25) is 0 Å². The first-order valence-electron chi connectivity index (χ1n) is 8.29. The Kier molecular flexibility index (Phi) is 7.09. The standard InChI is InChI=1S/C18H24BrNO4/c1-12-5-3-8-16(13(12)2)20-17(21)10-24-18(22)11-23-15-7-4-6-14(19)9-15/h4,6-7,9,12-13,16H,3,5,8,10-11H2,1-2H3,(H,20,21)/t12-,13-,16+/m1/s1. The number of ether oxygens (including phenoxy) is 2. The molecule has 0 aliphatic heterocycles. The first-order chi connectivity index (χ1) is 11.5. The second-order valence-corrected chi connectivity index (χ2v) is 7.26. The van der Waals surface area contributed by atoms with Crippen LogP contribution in [0.3, 0.4) is 0 Å². The summed E-state index contributed by atoms with van der Waals surface area (Å²) in [5.41, 5.74) is 0. The lowest BCUT2D eigenvalue weighted by molar-refractivity contribution is -0.150. The predicted octanol–water partition coefficient (Wildman–Crippen LogP) is 3.31. The van der Waals surface area contributed by atoms with Crippen LogP contribution in [-0.2, 0) is 14.3 Å². The van der Waals surface area contributed by atoms with Crippen molar-refractivity contribution in [2.75, 3.05) is 13.2 Å². The SMILES string of the molecule is C[C@@H]1[C@H](C)CCC[C@@H]1NC(=O)COC(=O)COc1cccc(Br)c1. The summed E-state index contributed by atoms with van der Waals surface area (Å²) in [7, 11) is 0. The summed E-state index contributed by atoms with van der Waals surface area (Å²) < 4.78 is 11.2. The van der Waals surface area contributed by atoms with Crippen molar-refractivity contribution in [3.63, 3.8) is 0 Å². The molecule has 0 bridgehead atoms. The quantitative estimate of drug-likeness (QED) is 0.747.